The van der Waals surface area contributed by atoms with Gasteiger partial charge in [0.2, 0.25) is 11.8 Å². The second-order valence-corrected chi connectivity index (χ2v) is 11.9. The van der Waals surface area contributed by atoms with Crippen LogP contribution in [0.2, 0.25) is 0 Å². The van der Waals surface area contributed by atoms with Crippen LogP contribution in [0.25, 0.3) is 16.8 Å². The molecule has 0 radical (unpaired) electrons. The van der Waals surface area contributed by atoms with Crippen molar-refractivity contribution in [1.29, 1.82) is 0 Å². The first kappa shape index (κ1) is 36.4. The maximum atomic E-state index is 13.5. The number of hydrogen-bond acceptors (Lipinski definition) is 9. The molecule has 4 rings (SSSR count). The SMILES string of the molecule is C[C@H](NC(=O)[C@H](Cc1cccnc1)NC(=O)C(C)(C)/C=C/c1cc2cc([C@@H](C)O)ccc2cn1)C(=O)N1CCC[C@@H](C(=O)[O-])N1.[Li+]. The molecule has 0 aliphatic carbocycles. The summed E-state index contributed by atoms with van der Waals surface area (Å²) in [4.78, 5) is 59.9. The summed E-state index contributed by atoms with van der Waals surface area (Å²) in [7, 11) is 0. The number of carboxylic acids is 1. The summed E-state index contributed by atoms with van der Waals surface area (Å²) in [6.07, 6.45) is 8.68. The molecule has 13 heteroatoms. The van der Waals surface area contributed by atoms with E-state index in [1.807, 2.05) is 24.3 Å². The number of aliphatic hydroxyl groups is 1. The summed E-state index contributed by atoms with van der Waals surface area (Å²) >= 11 is 0. The molecule has 0 saturated carbocycles. The molecule has 238 valence electrons. The molecule has 1 aliphatic rings. The second kappa shape index (κ2) is 16.0. The summed E-state index contributed by atoms with van der Waals surface area (Å²) in [6.45, 7) is 6.91. The van der Waals surface area contributed by atoms with Gasteiger partial charge in [0, 0.05) is 36.9 Å². The van der Waals surface area contributed by atoms with E-state index in [1.54, 1.807) is 63.6 Å². The number of rotatable bonds is 11. The molecule has 3 aromatic rings. The number of hydrazine groups is 1. The zero-order valence-corrected chi connectivity index (χ0v) is 26.8. The number of amides is 3. The molecule has 3 heterocycles. The van der Waals surface area contributed by atoms with Gasteiger partial charge in [0.25, 0.3) is 5.91 Å². The molecule has 4 N–H and O–H groups in total. The first-order valence-electron chi connectivity index (χ1n) is 14.9. The van der Waals surface area contributed by atoms with E-state index in [0.29, 0.717) is 24.1 Å². The number of carbonyl (C=O) groups excluding carboxylic acids is 4. The van der Waals surface area contributed by atoms with Gasteiger partial charge >= 0.3 is 18.9 Å². The Morgan fingerprint density at radius 2 is 1.89 bits per heavy atom. The minimum Gasteiger partial charge on any atom is -0.548 e. The van der Waals surface area contributed by atoms with E-state index >= 15 is 0 Å². The fourth-order valence-corrected chi connectivity index (χ4v) is 4.93. The molecule has 1 saturated heterocycles. The Balaban J connectivity index is 0.00000576. The van der Waals surface area contributed by atoms with Gasteiger partial charge in [-0.2, -0.15) is 0 Å². The molecule has 3 amide bonds. The molecule has 0 spiro atoms. The maximum absolute atomic E-state index is 13.5. The Morgan fingerprint density at radius 3 is 2.57 bits per heavy atom. The minimum absolute atomic E-state index is 0. The molecular formula is C33H39LiN6O6. The van der Waals surface area contributed by atoms with Gasteiger partial charge in [-0.3, -0.25) is 29.4 Å². The van der Waals surface area contributed by atoms with Crippen LogP contribution < -0.4 is 40.0 Å². The molecule has 0 unspecified atom stereocenters. The van der Waals surface area contributed by atoms with Gasteiger partial charge in [-0.15, -0.1) is 0 Å². The van der Waals surface area contributed by atoms with Crippen molar-refractivity contribution in [2.24, 2.45) is 5.41 Å². The van der Waals surface area contributed by atoms with Crippen molar-refractivity contribution in [3.63, 3.8) is 0 Å². The summed E-state index contributed by atoms with van der Waals surface area (Å²) in [5.74, 6) is -2.81. The Labute approximate surface area is 280 Å². The number of benzene rings is 1. The maximum Gasteiger partial charge on any atom is 1.00 e. The normalized spacial score (nSPS) is 17.1. The largest absolute Gasteiger partial charge is 1.00 e. The standard InChI is InChI=1S/C33H40N6O6.Li/c1-20(30(42)39-14-6-8-27(38-39)31(43)44)36-29(41)28(15-22-7-5-13-34-18-22)37-32(45)33(3,4)12-11-26-17-25-16-23(21(2)40)9-10-24(25)19-35-26;/h5,7,9-13,16-21,27-28,38,40H,6,8,14-15H2,1-4H3,(H,36,41)(H,37,45)(H,43,44);/q;+1/p-1/b12-11+;/t20-,21+,27-,28-;/m0./s1. The number of fused-ring (bicyclic) bond motifs is 1. The Morgan fingerprint density at radius 1 is 1.13 bits per heavy atom. The van der Waals surface area contributed by atoms with Crippen molar-refractivity contribution in [2.45, 2.75) is 71.2 Å². The van der Waals surface area contributed by atoms with E-state index in [2.05, 4.69) is 26.0 Å². The fourth-order valence-electron chi connectivity index (χ4n) is 4.93. The van der Waals surface area contributed by atoms with Crippen LogP contribution in [0.1, 0.15) is 63.5 Å². The molecule has 0 bridgehead atoms. The number of pyridine rings is 2. The van der Waals surface area contributed by atoms with Crippen LogP contribution in [0, 0.1) is 5.41 Å². The van der Waals surface area contributed by atoms with Gasteiger partial charge in [-0.25, -0.2) is 5.43 Å². The van der Waals surface area contributed by atoms with Gasteiger partial charge in [0.15, 0.2) is 0 Å². The van der Waals surface area contributed by atoms with Crippen molar-refractivity contribution in [3.8, 4) is 0 Å². The van der Waals surface area contributed by atoms with Crippen LogP contribution in [0.3, 0.4) is 0 Å². The Hall–Kier alpha value is -4.08. The van der Waals surface area contributed by atoms with Gasteiger partial charge < -0.3 is 25.6 Å². The molecule has 46 heavy (non-hydrogen) atoms. The van der Waals surface area contributed by atoms with Crippen molar-refractivity contribution in [1.82, 2.24) is 31.0 Å². The molecule has 1 aliphatic heterocycles. The van der Waals surface area contributed by atoms with Crippen LogP contribution >= 0.6 is 0 Å². The summed E-state index contributed by atoms with van der Waals surface area (Å²) in [6, 6.07) is 7.99. The van der Waals surface area contributed by atoms with E-state index in [1.165, 1.54) is 11.9 Å². The summed E-state index contributed by atoms with van der Waals surface area (Å²) in [5, 5.41) is 29.7. The number of nitrogens with zero attached hydrogens (tertiary/aromatic N) is 3. The van der Waals surface area contributed by atoms with E-state index in [-0.39, 0.29) is 31.8 Å². The molecule has 1 fully saturated rings. The van der Waals surface area contributed by atoms with E-state index in [0.717, 1.165) is 16.3 Å². The number of hydrogen-bond donors (Lipinski definition) is 4. The third-order valence-corrected chi connectivity index (χ3v) is 7.76. The van der Waals surface area contributed by atoms with Crippen LogP contribution in [-0.2, 0) is 25.6 Å². The van der Waals surface area contributed by atoms with Crippen LogP contribution in [0.15, 0.2) is 61.1 Å². The van der Waals surface area contributed by atoms with Crippen molar-refractivity contribution >= 4 is 40.5 Å². The van der Waals surface area contributed by atoms with Gasteiger partial charge in [-0.1, -0.05) is 24.3 Å². The monoisotopic (exact) mass is 622 g/mol. The van der Waals surface area contributed by atoms with Gasteiger partial charge in [0.1, 0.15) is 12.1 Å². The van der Waals surface area contributed by atoms with E-state index < -0.39 is 53.3 Å². The quantitative estimate of drug-likeness (QED) is 0.180. The minimum atomic E-state index is -1.30. The molecule has 1 aromatic carbocycles. The van der Waals surface area contributed by atoms with Gasteiger partial charge in [0.05, 0.1) is 29.2 Å². The number of aliphatic hydroxyl groups excluding tert-OH is 1. The Bertz CT molecular complexity index is 1580. The average molecular weight is 623 g/mol. The zero-order valence-electron chi connectivity index (χ0n) is 26.8. The molecule has 4 atom stereocenters. The summed E-state index contributed by atoms with van der Waals surface area (Å²) < 4.78 is 0. The third-order valence-electron chi connectivity index (χ3n) is 7.76. The number of carboxylic acid groups (broad SMARTS) is 1. The van der Waals surface area contributed by atoms with Crippen LogP contribution in [-0.4, -0.2) is 68.4 Å². The predicted octanol–water partition coefficient (Wildman–Crippen LogP) is -1.80. The number of carbonyl (C=O) groups is 4. The predicted molar refractivity (Wildman–Crippen MR) is 166 cm³/mol. The third kappa shape index (κ3) is 9.47. The average Bonchev–Trinajstić information content (AvgIpc) is 3.03. The molecule has 2 aromatic heterocycles. The van der Waals surface area contributed by atoms with Crippen LogP contribution in [0.5, 0.6) is 0 Å². The number of nitrogens with one attached hydrogen (secondary N) is 3. The van der Waals surface area contributed by atoms with Crippen molar-refractivity contribution < 1.29 is 48.3 Å². The topological polar surface area (TPSA) is 177 Å². The van der Waals surface area contributed by atoms with Gasteiger partial charge in [-0.05, 0) is 81.3 Å². The summed E-state index contributed by atoms with van der Waals surface area (Å²) in [5.41, 5.74) is 3.70. The zero-order chi connectivity index (χ0) is 32.7. The van der Waals surface area contributed by atoms with E-state index in [4.69, 9.17) is 0 Å². The van der Waals surface area contributed by atoms with Crippen molar-refractivity contribution in [3.05, 3.63) is 77.9 Å². The van der Waals surface area contributed by atoms with Crippen molar-refractivity contribution in [2.75, 3.05) is 6.54 Å². The Kier molecular flexibility index (Phi) is 12.6. The molecule has 12 nitrogen and oxygen atoms in total. The van der Waals surface area contributed by atoms with Crippen LogP contribution in [0.4, 0.5) is 0 Å². The van der Waals surface area contributed by atoms with E-state index in [9.17, 15) is 29.4 Å². The first-order valence-corrected chi connectivity index (χ1v) is 14.9. The fraction of sp³-hybridized carbons (Fsp3) is 0.394. The number of aliphatic carboxylic acids is 1. The number of aromatic nitrogens is 2. The second-order valence-electron chi connectivity index (χ2n) is 11.9. The smallest absolute Gasteiger partial charge is 0.548 e. The molecular weight excluding hydrogens is 583 g/mol. The first-order chi connectivity index (χ1) is 21.3.